The van der Waals surface area contributed by atoms with E-state index in [9.17, 15) is 17.2 Å². The lowest BCUT2D eigenvalue weighted by atomic mass is 10.3. The molecular weight excluding hydrogens is 298 g/mol. The molecule has 1 aromatic heterocycles. The van der Waals surface area contributed by atoms with Crippen LogP contribution in [0.5, 0.6) is 0 Å². The quantitative estimate of drug-likeness (QED) is 0.948. The largest absolute Gasteiger partial charge is 0.274 e. The molecule has 100 valence electrons. The van der Waals surface area contributed by atoms with Gasteiger partial charge in [0.05, 0.1) is 0 Å². The third-order valence-electron chi connectivity index (χ3n) is 2.19. The minimum atomic E-state index is -4.11. The fourth-order valence-electron chi connectivity index (χ4n) is 1.34. The molecule has 4 nitrogen and oxygen atoms in total. The Hall–Kier alpha value is -1.73. The monoisotopic (exact) mass is 304 g/mol. The highest BCUT2D eigenvalue weighted by Crippen LogP contribution is 2.25. The fourth-order valence-corrected chi connectivity index (χ4v) is 2.57. The van der Waals surface area contributed by atoms with E-state index in [1.54, 1.807) is 0 Å². The summed E-state index contributed by atoms with van der Waals surface area (Å²) in [5, 5.41) is -0.167. The predicted molar refractivity (Wildman–Crippen MR) is 66.4 cm³/mol. The van der Waals surface area contributed by atoms with E-state index in [0.717, 1.165) is 18.3 Å². The fraction of sp³-hybridized carbons (Fsp3) is 0. The van der Waals surface area contributed by atoms with Crippen molar-refractivity contribution in [3.05, 3.63) is 53.3 Å². The Balaban J connectivity index is 2.42. The molecule has 2 rings (SSSR count). The molecule has 0 aliphatic rings. The van der Waals surface area contributed by atoms with Gasteiger partial charge in [-0.25, -0.2) is 17.2 Å². The standard InChI is InChI=1S/C11H7ClF2N2O2S/c12-7-4-9(13)11(10(14)5-7)16-19(17,18)8-2-1-3-15-6-8/h1-6,16H. The Kier molecular flexibility index (Phi) is 3.68. The molecule has 0 aliphatic heterocycles. The molecule has 0 saturated carbocycles. The summed E-state index contributed by atoms with van der Waals surface area (Å²) >= 11 is 5.44. The lowest BCUT2D eigenvalue weighted by Crippen LogP contribution is -2.15. The average molecular weight is 305 g/mol. The summed E-state index contributed by atoms with van der Waals surface area (Å²) in [5.74, 6) is -2.20. The van der Waals surface area contributed by atoms with Gasteiger partial charge in [0, 0.05) is 17.4 Å². The van der Waals surface area contributed by atoms with E-state index in [1.807, 2.05) is 4.72 Å². The third-order valence-corrected chi connectivity index (χ3v) is 3.74. The molecule has 8 heteroatoms. The van der Waals surface area contributed by atoms with Crippen LogP contribution in [-0.2, 0) is 10.0 Å². The van der Waals surface area contributed by atoms with Gasteiger partial charge < -0.3 is 0 Å². The maximum absolute atomic E-state index is 13.5. The van der Waals surface area contributed by atoms with Gasteiger partial charge in [0.25, 0.3) is 10.0 Å². The maximum Gasteiger partial charge on any atom is 0.263 e. The van der Waals surface area contributed by atoms with Crippen molar-refractivity contribution in [1.29, 1.82) is 0 Å². The van der Waals surface area contributed by atoms with Crippen LogP contribution < -0.4 is 4.72 Å². The van der Waals surface area contributed by atoms with E-state index in [-0.39, 0.29) is 9.92 Å². The number of halogens is 3. The lowest BCUT2D eigenvalue weighted by molar-refractivity contribution is 0.583. The zero-order valence-electron chi connectivity index (χ0n) is 9.27. The maximum atomic E-state index is 13.5. The van der Waals surface area contributed by atoms with Gasteiger partial charge in [-0.05, 0) is 24.3 Å². The first kappa shape index (κ1) is 13.7. The van der Waals surface area contributed by atoms with Gasteiger partial charge >= 0.3 is 0 Å². The number of nitrogens with zero attached hydrogens (tertiary/aromatic N) is 1. The first-order valence-corrected chi connectivity index (χ1v) is 6.83. The van der Waals surface area contributed by atoms with E-state index in [0.29, 0.717) is 0 Å². The van der Waals surface area contributed by atoms with Crippen molar-refractivity contribution in [2.75, 3.05) is 4.72 Å². The van der Waals surface area contributed by atoms with E-state index >= 15 is 0 Å². The van der Waals surface area contributed by atoms with Crippen molar-refractivity contribution in [3.63, 3.8) is 0 Å². The van der Waals surface area contributed by atoms with Crippen LogP contribution in [0, 0.1) is 11.6 Å². The Morgan fingerprint density at radius 2 is 1.84 bits per heavy atom. The summed E-state index contributed by atoms with van der Waals surface area (Å²) in [5.41, 5.74) is -0.784. The second-order valence-corrected chi connectivity index (χ2v) is 5.66. The van der Waals surface area contributed by atoms with Gasteiger partial charge in [-0.1, -0.05) is 11.6 Å². The number of anilines is 1. The minimum absolute atomic E-state index is 0.167. The van der Waals surface area contributed by atoms with Crippen LogP contribution in [0.2, 0.25) is 5.02 Å². The first-order chi connectivity index (χ1) is 8.90. The highest BCUT2D eigenvalue weighted by molar-refractivity contribution is 7.92. The van der Waals surface area contributed by atoms with Gasteiger partial charge in [0.1, 0.15) is 10.6 Å². The molecule has 0 spiro atoms. The zero-order chi connectivity index (χ0) is 14.0. The number of pyridine rings is 1. The van der Waals surface area contributed by atoms with Crippen molar-refractivity contribution in [3.8, 4) is 0 Å². The number of hydrogen-bond donors (Lipinski definition) is 1. The summed E-state index contributed by atoms with van der Waals surface area (Å²) in [6.07, 6.45) is 2.44. The summed E-state index contributed by atoms with van der Waals surface area (Å²) in [4.78, 5) is 3.42. The van der Waals surface area contributed by atoms with Gasteiger partial charge in [-0.2, -0.15) is 0 Å². The molecule has 0 unspecified atom stereocenters. The zero-order valence-corrected chi connectivity index (χ0v) is 10.8. The van der Waals surface area contributed by atoms with Crippen LogP contribution >= 0.6 is 11.6 Å². The van der Waals surface area contributed by atoms with Crippen LogP contribution in [0.4, 0.5) is 14.5 Å². The molecule has 0 amide bonds. The first-order valence-electron chi connectivity index (χ1n) is 4.97. The highest BCUT2D eigenvalue weighted by Gasteiger charge is 2.19. The second kappa shape index (κ2) is 5.10. The van der Waals surface area contributed by atoms with Crippen LogP contribution in [0.3, 0.4) is 0 Å². The van der Waals surface area contributed by atoms with E-state index in [2.05, 4.69) is 4.98 Å². The summed E-state index contributed by atoms with van der Waals surface area (Å²) in [6, 6.07) is 4.27. The average Bonchev–Trinajstić information content (AvgIpc) is 2.35. The summed E-state index contributed by atoms with van der Waals surface area (Å²) in [7, 11) is -4.11. The molecule has 0 saturated heterocycles. The van der Waals surface area contributed by atoms with Crippen molar-refractivity contribution in [1.82, 2.24) is 4.98 Å². The lowest BCUT2D eigenvalue weighted by Gasteiger charge is -2.09. The number of aromatic nitrogens is 1. The number of sulfonamides is 1. The molecule has 0 aliphatic carbocycles. The molecule has 0 radical (unpaired) electrons. The predicted octanol–water partition coefficient (Wildman–Crippen LogP) is 2.81. The van der Waals surface area contributed by atoms with Crippen LogP contribution in [0.1, 0.15) is 0 Å². The van der Waals surface area contributed by atoms with Gasteiger partial charge in [-0.15, -0.1) is 0 Å². The topological polar surface area (TPSA) is 59.1 Å². The summed E-state index contributed by atoms with van der Waals surface area (Å²) in [6.45, 7) is 0. The molecule has 0 atom stereocenters. The van der Waals surface area contributed by atoms with E-state index in [4.69, 9.17) is 11.6 Å². The van der Waals surface area contributed by atoms with Crippen LogP contribution in [-0.4, -0.2) is 13.4 Å². The Labute approximate surface area is 113 Å². The Morgan fingerprint density at radius 1 is 1.21 bits per heavy atom. The van der Waals surface area contributed by atoms with Crippen molar-refractivity contribution >= 4 is 27.3 Å². The Bertz CT molecular complexity index is 685. The minimum Gasteiger partial charge on any atom is -0.274 e. The molecule has 1 aromatic carbocycles. The molecule has 19 heavy (non-hydrogen) atoms. The van der Waals surface area contributed by atoms with E-state index in [1.165, 1.54) is 18.3 Å². The molecule has 0 bridgehead atoms. The number of nitrogens with one attached hydrogen (secondary N) is 1. The smallest absolute Gasteiger partial charge is 0.263 e. The number of hydrogen-bond acceptors (Lipinski definition) is 3. The molecule has 0 fully saturated rings. The van der Waals surface area contributed by atoms with Gasteiger partial charge in [0.15, 0.2) is 11.6 Å². The molecule has 1 heterocycles. The molecule has 1 N–H and O–H groups in total. The number of benzene rings is 1. The van der Waals surface area contributed by atoms with E-state index < -0.39 is 27.3 Å². The Morgan fingerprint density at radius 3 is 2.37 bits per heavy atom. The second-order valence-electron chi connectivity index (χ2n) is 3.54. The van der Waals surface area contributed by atoms with Gasteiger partial charge in [0.2, 0.25) is 0 Å². The molecular formula is C11H7ClF2N2O2S. The van der Waals surface area contributed by atoms with Crippen molar-refractivity contribution in [2.24, 2.45) is 0 Å². The van der Waals surface area contributed by atoms with Crippen molar-refractivity contribution in [2.45, 2.75) is 4.90 Å². The normalized spacial score (nSPS) is 11.3. The SMILES string of the molecule is O=S(=O)(Nc1c(F)cc(Cl)cc1F)c1cccnc1. The van der Waals surface area contributed by atoms with Crippen LogP contribution in [0.15, 0.2) is 41.6 Å². The highest BCUT2D eigenvalue weighted by atomic mass is 35.5. The summed E-state index contributed by atoms with van der Waals surface area (Å²) < 4.78 is 52.5. The van der Waals surface area contributed by atoms with Crippen molar-refractivity contribution < 1.29 is 17.2 Å². The third kappa shape index (κ3) is 2.99. The van der Waals surface area contributed by atoms with Crippen LogP contribution in [0.25, 0.3) is 0 Å². The van der Waals surface area contributed by atoms with Gasteiger partial charge in [-0.3, -0.25) is 9.71 Å². The molecule has 2 aromatic rings. The number of rotatable bonds is 3.